The molecule has 38 heteroatoms. The second-order valence-corrected chi connectivity index (χ2v) is 30.3. The maximum Gasteiger partial charge on any atom is 0.326 e. The third kappa shape index (κ3) is 25.7. The molecule has 4 saturated heterocycles. The molecule has 600 valence electrons. The Morgan fingerprint density at radius 3 is 1.82 bits per heavy atom. The highest BCUT2D eigenvalue weighted by Crippen LogP contribution is 2.29. The summed E-state index contributed by atoms with van der Waals surface area (Å²) >= 11 is 0. The predicted molar refractivity (Wildman–Crippen MR) is 400 cm³/mol. The zero-order valence-electron chi connectivity index (χ0n) is 62.0. The number of aliphatic carboxylic acids is 2. The molecule has 4 fully saturated rings. The molecule has 6 rings (SSSR count). The maximum atomic E-state index is 15.3. The fourth-order valence-electron chi connectivity index (χ4n) is 13.0. The van der Waals surface area contributed by atoms with Gasteiger partial charge in [-0.3, -0.25) is 72.1 Å². The van der Waals surface area contributed by atoms with Gasteiger partial charge in [-0.25, -0.2) is 4.79 Å². The van der Waals surface area contributed by atoms with Gasteiger partial charge >= 0.3 is 11.9 Å². The van der Waals surface area contributed by atoms with E-state index in [-0.39, 0.29) is 89.9 Å². The van der Waals surface area contributed by atoms with E-state index in [1.54, 1.807) is 89.2 Å². The van der Waals surface area contributed by atoms with Gasteiger partial charge in [-0.1, -0.05) is 122 Å². The summed E-state index contributed by atoms with van der Waals surface area (Å²) in [6.45, 7) is 8.22. The number of aliphatic hydroxyl groups excluding tert-OH is 2. The molecule has 16 atom stereocenters. The van der Waals surface area contributed by atoms with Crippen LogP contribution >= 0.6 is 21.6 Å². The van der Waals surface area contributed by atoms with Crippen LogP contribution in [0.1, 0.15) is 122 Å². The first-order chi connectivity index (χ1) is 51.8. The quantitative estimate of drug-likeness (QED) is 0.0185. The predicted octanol–water partition coefficient (Wildman–Crippen LogP) is -3.97. The number of amides is 13. The van der Waals surface area contributed by atoms with Crippen LogP contribution in [-0.2, 0) is 84.8 Å². The first kappa shape index (κ1) is 88.2. The van der Waals surface area contributed by atoms with Gasteiger partial charge < -0.3 is 105 Å². The first-order valence-corrected chi connectivity index (χ1v) is 39.1. The minimum absolute atomic E-state index is 0.0123. The molecule has 4 aliphatic heterocycles. The summed E-state index contributed by atoms with van der Waals surface area (Å²) in [4.78, 5) is 222. The van der Waals surface area contributed by atoms with Gasteiger partial charge in [0, 0.05) is 50.5 Å². The second-order valence-electron chi connectivity index (χ2n) is 27.7. The van der Waals surface area contributed by atoms with E-state index >= 15 is 14.4 Å². The van der Waals surface area contributed by atoms with Crippen molar-refractivity contribution in [3.63, 3.8) is 0 Å². The van der Waals surface area contributed by atoms with Crippen molar-refractivity contribution in [2.75, 3.05) is 50.8 Å². The van der Waals surface area contributed by atoms with Crippen molar-refractivity contribution >= 4 is 116 Å². The van der Waals surface area contributed by atoms with Crippen LogP contribution < -0.4 is 70.4 Å². The lowest BCUT2D eigenvalue weighted by atomic mass is 9.96. The molecule has 4 aliphatic rings. The van der Waals surface area contributed by atoms with Crippen LogP contribution in [-0.4, -0.2) is 265 Å². The van der Waals surface area contributed by atoms with Gasteiger partial charge in [-0.15, -0.1) is 0 Å². The largest absolute Gasteiger partial charge is 0.481 e. The Balaban J connectivity index is 1.46. The van der Waals surface area contributed by atoms with Crippen molar-refractivity contribution in [2.24, 2.45) is 34.0 Å². The Morgan fingerprint density at radius 1 is 0.624 bits per heavy atom. The lowest BCUT2D eigenvalue weighted by Gasteiger charge is -2.35. The van der Waals surface area contributed by atoms with E-state index in [0.717, 1.165) is 39.0 Å². The lowest BCUT2D eigenvalue weighted by Crippen LogP contribution is -2.63. The molecule has 36 nitrogen and oxygen atoms in total. The van der Waals surface area contributed by atoms with E-state index in [1.807, 2.05) is 0 Å². The summed E-state index contributed by atoms with van der Waals surface area (Å²) in [7, 11) is 1.65. The van der Waals surface area contributed by atoms with Crippen LogP contribution in [0, 0.1) is 18.8 Å². The van der Waals surface area contributed by atoms with Crippen molar-refractivity contribution in [2.45, 2.75) is 210 Å². The number of likely N-dealkylation sites (tertiary alicyclic amines) is 1. The molecule has 0 radical (unpaired) electrons. The number of nitrogens with zero attached hydrogens (tertiary/aromatic N) is 4. The van der Waals surface area contributed by atoms with Crippen molar-refractivity contribution in [3.05, 3.63) is 71.3 Å². The summed E-state index contributed by atoms with van der Waals surface area (Å²) in [5, 5.41) is 67.2. The maximum absolute atomic E-state index is 15.3. The zero-order valence-corrected chi connectivity index (χ0v) is 63.7. The highest BCUT2D eigenvalue weighted by atomic mass is 33.1. The summed E-state index contributed by atoms with van der Waals surface area (Å²) < 4.78 is 0. The third-order valence-corrected chi connectivity index (χ3v) is 22.1. The minimum Gasteiger partial charge on any atom is -0.481 e. The number of fused-ring (bicyclic) bond motifs is 2. The topological polar surface area (TPSA) is 557 Å². The molecular formula is C71H105N17O19S2. The molecule has 0 bridgehead atoms. The highest BCUT2D eigenvalue weighted by molar-refractivity contribution is 8.76. The number of nitrogens with one attached hydrogen (secondary N) is 10. The van der Waals surface area contributed by atoms with Gasteiger partial charge in [0.1, 0.15) is 78.5 Å². The number of guanidine groups is 1. The SMILES string of the molecule is CC[C@H](C)[C@@H]1NC(=O)[C@@H]2CCCN2C(=O)[C@@H]2CCCN2C(=O)[C@H]([C@@H](C)CC)NC(=O)[C@H](CO)NC(=O)[C@H](Cc2ccc(C)cc2)NC(=O)[C@H]([C@@H](C)O)NC(=O)[C@@H](NC(=O)[C@H](CCCN=C(N)N)NC(=O)CN)CSSC[C@@H](C(=O)N[C@@H](Cc2ccccc2)C(=O)N2CCC[C@H]2C(=O)N[C@@H](CC(=O)O)C(=O)O)NC1=O. The molecule has 0 unspecified atom stereocenters. The molecule has 2 aromatic carbocycles. The van der Waals surface area contributed by atoms with Crippen molar-refractivity contribution < 1.29 is 92.3 Å². The van der Waals surface area contributed by atoms with Crippen LogP contribution in [0.25, 0.3) is 0 Å². The fraction of sp³-hybridized carbons (Fsp3) is 0.606. The van der Waals surface area contributed by atoms with Gasteiger partial charge in [0.15, 0.2) is 5.96 Å². The number of carbonyl (C=O) groups is 15. The van der Waals surface area contributed by atoms with Crippen LogP contribution in [0.4, 0.5) is 0 Å². The van der Waals surface area contributed by atoms with Gasteiger partial charge in [-0.05, 0) is 88.2 Å². The highest BCUT2D eigenvalue weighted by Gasteiger charge is 2.47. The van der Waals surface area contributed by atoms with Crippen LogP contribution in [0.15, 0.2) is 59.6 Å². The number of aryl methyl sites for hydroxylation is 1. The van der Waals surface area contributed by atoms with Crippen LogP contribution in [0.5, 0.6) is 0 Å². The van der Waals surface area contributed by atoms with Crippen molar-refractivity contribution in [1.82, 2.24) is 67.9 Å². The number of carboxylic acid groups (broad SMARTS) is 2. The molecule has 0 saturated carbocycles. The van der Waals surface area contributed by atoms with Gasteiger partial charge in [-0.2, -0.15) is 0 Å². The molecule has 2 aromatic rings. The van der Waals surface area contributed by atoms with E-state index in [2.05, 4.69) is 58.2 Å². The van der Waals surface area contributed by atoms with Crippen molar-refractivity contribution in [1.29, 1.82) is 0 Å². The van der Waals surface area contributed by atoms with E-state index in [0.29, 0.717) is 30.4 Å². The van der Waals surface area contributed by atoms with E-state index < -0.39 is 216 Å². The molecule has 4 heterocycles. The second kappa shape index (κ2) is 42.9. The Bertz CT molecular complexity index is 3600. The smallest absolute Gasteiger partial charge is 0.326 e. The molecular weight excluding hydrogens is 1460 g/mol. The number of nitrogens with two attached hydrogens (primary N) is 3. The monoisotopic (exact) mass is 1560 g/mol. The summed E-state index contributed by atoms with van der Waals surface area (Å²) in [5.74, 6) is -17.6. The van der Waals surface area contributed by atoms with Gasteiger partial charge in [0.25, 0.3) is 0 Å². The van der Waals surface area contributed by atoms with Crippen LogP contribution in [0.2, 0.25) is 0 Å². The Hall–Kier alpha value is -9.66. The number of aliphatic imine (C=N–C) groups is 1. The normalized spacial score (nSPS) is 24.8. The summed E-state index contributed by atoms with van der Waals surface area (Å²) in [5.41, 5.74) is 18.5. The first-order valence-electron chi connectivity index (χ1n) is 36.6. The zero-order chi connectivity index (χ0) is 80.3. The molecule has 0 aromatic heterocycles. The Kier molecular flexibility index (Phi) is 34.7. The third-order valence-electron chi connectivity index (χ3n) is 19.6. The van der Waals surface area contributed by atoms with E-state index in [1.165, 1.54) is 9.80 Å². The van der Waals surface area contributed by atoms with E-state index in [4.69, 9.17) is 17.2 Å². The Labute approximate surface area is 639 Å². The number of carbonyl (C=O) groups excluding carboxylic acids is 13. The minimum atomic E-state index is -1.95. The number of rotatable bonds is 26. The molecule has 20 N–H and O–H groups in total. The fourth-order valence-corrected chi connectivity index (χ4v) is 15.4. The number of benzene rings is 2. The Morgan fingerprint density at radius 2 is 1.20 bits per heavy atom. The number of aliphatic hydroxyl groups is 2. The molecule has 0 spiro atoms. The summed E-state index contributed by atoms with van der Waals surface area (Å²) in [6, 6.07) is -4.95. The average Bonchev–Trinajstić information content (AvgIpc) is 1.68. The van der Waals surface area contributed by atoms with Crippen molar-refractivity contribution in [3.8, 4) is 0 Å². The number of hydrogen-bond acceptors (Lipinski definition) is 21. The molecule has 13 amide bonds. The van der Waals surface area contributed by atoms with Crippen LogP contribution in [0.3, 0.4) is 0 Å². The van der Waals surface area contributed by atoms with E-state index in [9.17, 15) is 78.0 Å². The van der Waals surface area contributed by atoms with Gasteiger partial charge in [0.2, 0.25) is 76.8 Å². The molecule has 109 heavy (non-hydrogen) atoms. The molecule has 0 aliphatic carbocycles. The lowest BCUT2D eigenvalue weighted by molar-refractivity contribution is -0.149. The van der Waals surface area contributed by atoms with Gasteiger partial charge in [0.05, 0.1) is 25.7 Å². The standard InChI is InChI=1S/C71H105N17O19S2/c1-7-38(4)55-65(101)82-48(61(97)78-45(31-41-16-10-9-11-17-41)67(103)86-27-13-19-50(86)63(99)79-46(70(106)107)32-54(92)93)35-108-109-36-49(81-58(94)43(76-53(91)33-72)18-12-26-75-71(73)74)62(98)85-57(40(6)90)66(102)77-44(30-42-24-22-37(3)23-25-42)59(95)80-47(34-89)60(96)84-56(39(5)8-2)69(105)88-29-15-21-52(88)68(104)87-28-14-20-51(87)64(100)83-55/h9-11,16-17,22-25,38-40,43-52,55-57,89-90H,7-8,12-15,18-21,26-36,72H2,1-6H3,(H,76,91)(H,77,102)(H,78,97)(H,79,99)(H,80,95)(H,81,94)(H,82,101)(H,83,100)(H,84,96)(H,85,98)(H,92,93)(H,106,107)(H4,73,74,75)/t38-,39-,40+,43-,44-,45-,46-,47-,48-,49-,50-,51-,52-,55-,56-,57-/m0/s1. The average molecular weight is 1560 g/mol. The summed E-state index contributed by atoms with van der Waals surface area (Å²) in [6.07, 6.45) is -1.55. The number of carboxylic acids is 2. The number of hydrogen-bond donors (Lipinski definition) is 17.